The number of anilines is 1. The van der Waals surface area contributed by atoms with E-state index in [0.29, 0.717) is 16.9 Å². The maximum Gasteiger partial charge on any atom is 0.416 e. The van der Waals surface area contributed by atoms with Gasteiger partial charge in [0.15, 0.2) is 0 Å². The summed E-state index contributed by atoms with van der Waals surface area (Å²) in [5, 5.41) is 7.40. The van der Waals surface area contributed by atoms with Crippen molar-refractivity contribution in [2.75, 3.05) is 5.32 Å². The molecule has 1 heterocycles. The fourth-order valence-electron chi connectivity index (χ4n) is 3.64. The van der Waals surface area contributed by atoms with E-state index in [1.165, 1.54) is 12.5 Å². The van der Waals surface area contributed by atoms with Crippen molar-refractivity contribution in [2.45, 2.75) is 58.7 Å². The van der Waals surface area contributed by atoms with Gasteiger partial charge < -0.3 is 5.32 Å². The van der Waals surface area contributed by atoms with E-state index in [0.717, 1.165) is 43.5 Å². The van der Waals surface area contributed by atoms with Crippen molar-refractivity contribution < 1.29 is 18.0 Å². The summed E-state index contributed by atoms with van der Waals surface area (Å²) in [5.74, 6) is 0.0453. The Balaban J connectivity index is 1.76. The summed E-state index contributed by atoms with van der Waals surface area (Å²) in [5.41, 5.74) is 1.92. The molecule has 1 N–H and O–H groups in total. The van der Waals surface area contributed by atoms with Gasteiger partial charge in [-0.3, -0.25) is 9.48 Å². The van der Waals surface area contributed by atoms with Gasteiger partial charge in [0, 0.05) is 5.92 Å². The van der Waals surface area contributed by atoms with Crippen LogP contribution >= 0.6 is 0 Å². The molecule has 0 saturated heterocycles. The van der Waals surface area contributed by atoms with Crippen LogP contribution in [0.4, 0.5) is 18.9 Å². The lowest BCUT2D eigenvalue weighted by atomic mass is 9.88. The Morgan fingerprint density at radius 2 is 1.93 bits per heavy atom. The van der Waals surface area contributed by atoms with Gasteiger partial charge in [-0.1, -0.05) is 31.4 Å². The van der Waals surface area contributed by atoms with Crippen molar-refractivity contribution in [1.29, 1.82) is 0 Å². The average Bonchev–Trinajstić information content (AvgIpc) is 2.89. The molecule has 3 rings (SSSR count). The molecule has 0 radical (unpaired) electrons. The van der Waals surface area contributed by atoms with Gasteiger partial charge in [-0.25, -0.2) is 0 Å². The minimum Gasteiger partial charge on any atom is -0.323 e. The molecule has 146 valence electrons. The van der Waals surface area contributed by atoms with Gasteiger partial charge in [-0.15, -0.1) is 0 Å². The number of aryl methyl sites for hydroxylation is 1. The number of nitrogens with one attached hydrogen (secondary N) is 1. The zero-order valence-electron chi connectivity index (χ0n) is 15.6. The van der Waals surface area contributed by atoms with Crippen LogP contribution in [0.15, 0.2) is 24.3 Å². The smallest absolute Gasteiger partial charge is 0.323 e. The third-order valence-electron chi connectivity index (χ3n) is 5.19. The van der Waals surface area contributed by atoms with E-state index in [2.05, 4.69) is 10.4 Å². The number of carbonyl (C=O) groups is 1. The predicted molar refractivity (Wildman–Crippen MR) is 97.5 cm³/mol. The predicted octanol–water partition coefficient (Wildman–Crippen LogP) is 5.09. The number of hydrogen-bond acceptors (Lipinski definition) is 2. The number of rotatable bonds is 4. The summed E-state index contributed by atoms with van der Waals surface area (Å²) in [6.07, 6.45) is 0.765. The average molecular weight is 379 g/mol. The van der Waals surface area contributed by atoms with E-state index < -0.39 is 11.7 Å². The number of nitrogens with zero attached hydrogens (tertiary/aromatic N) is 2. The van der Waals surface area contributed by atoms with Crippen LogP contribution < -0.4 is 5.32 Å². The summed E-state index contributed by atoms with van der Waals surface area (Å²) in [6, 6.07) is 5.23. The summed E-state index contributed by atoms with van der Waals surface area (Å²) >= 11 is 0. The Morgan fingerprint density at radius 1 is 1.22 bits per heavy atom. The van der Waals surface area contributed by atoms with Crippen LogP contribution in [-0.2, 0) is 17.5 Å². The Bertz CT molecular complexity index is 820. The molecule has 0 spiro atoms. The molecule has 1 aliphatic rings. The first kappa shape index (κ1) is 19.5. The first-order valence-corrected chi connectivity index (χ1v) is 9.26. The second kappa shape index (κ2) is 7.74. The molecule has 7 heteroatoms. The number of benzene rings is 1. The number of alkyl halides is 3. The van der Waals surface area contributed by atoms with Crippen LogP contribution in [0, 0.1) is 19.8 Å². The molecular weight excluding hydrogens is 355 g/mol. The molecule has 27 heavy (non-hydrogen) atoms. The van der Waals surface area contributed by atoms with Gasteiger partial charge in [0.25, 0.3) is 0 Å². The molecule has 1 fully saturated rings. The lowest BCUT2D eigenvalue weighted by Gasteiger charge is -2.20. The SMILES string of the molecule is Cc1nn(Cc2cccc(C(F)(F)F)c2)c(C)c1NC(=O)C1CCCCC1. The number of halogens is 3. The standard InChI is InChI=1S/C20H24F3N3O/c1-13-18(24-19(27)16-8-4-3-5-9-16)14(2)26(25-13)12-15-7-6-10-17(11-15)20(21,22)23/h6-7,10-11,16H,3-5,8-9,12H2,1-2H3,(H,24,27). The number of carbonyl (C=O) groups excluding carboxylic acids is 1. The molecule has 1 aromatic carbocycles. The Kier molecular flexibility index (Phi) is 5.58. The van der Waals surface area contributed by atoms with E-state index in [4.69, 9.17) is 0 Å². The van der Waals surface area contributed by atoms with E-state index in [-0.39, 0.29) is 18.4 Å². The number of amides is 1. The molecule has 4 nitrogen and oxygen atoms in total. The van der Waals surface area contributed by atoms with Crippen LogP contribution in [0.2, 0.25) is 0 Å². The van der Waals surface area contributed by atoms with E-state index >= 15 is 0 Å². The largest absolute Gasteiger partial charge is 0.416 e. The molecule has 1 aliphatic carbocycles. The maximum absolute atomic E-state index is 12.9. The first-order valence-electron chi connectivity index (χ1n) is 9.26. The fraction of sp³-hybridized carbons (Fsp3) is 0.500. The molecule has 0 bridgehead atoms. The van der Waals surface area contributed by atoms with Gasteiger partial charge in [0.2, 0.25) is 5.91 Å². The number of aromatic nitrogens is 2. The summed E-state index contributed by atoms with van der Waals surface area (Å²) in [6.45, 7) is 3.84. The van der Waals surface area contributed by atoms with Crippen molar-refractivity contribution in [3.05, 3.63) is 46.8 Å². The quantitative estimate of drug-likeness (QED) is 0.805. The van der Waals surface area contributed by atoms with Crippen LogP contribution in [-0.4, -0.2) is 15.7 Å². The first-order chi connectivity index (χ1) is 12.8. The van der Waals surface area contributed by atoms with Crippen LogP contribution in [0.1, 0.15) is 54.6 Å². The molecule has 1 amide bonds. The summed E-state index contributed by atoms with van der Waals surface area (Å²) in [7, 11) is 0. The van der Waals surface area contributed by atoms with Gasteiger partial charge in [-0.2, -0.15) is 18.3 Å². The third-order valence-corrected chi connectivity index (χ3v) is 5.19. The van der Waals surface area contributed by atoms with Gasteiger partial charge >= 0.3 is 6.18 Å². The Hall–Kier alpha value is -2.31. The second-order valence-corrected chi connectivity index (χ2v) is 7.23. The van der Waals surface area contributed by atoms with E-state index in [1.807, 2.05) is 6.92 Å². The van der Waals surface area contributed by atoms with Crippen molar-refractivity contribution in [3.8, 4) is 0 Å². The van der Waals surface area contributed by atoms with Crippen molar-refractivity contribution in [3.63, 3.8) is 0 Å². The lowest BCUT2D eigenvalue weighted by Crippen LogP contribution is -2.25. The molecule has 0 unspecified atom stereocenters. The molecule has 2 aromatic rings. The number of hydrogen-bond donors (Lipinski definition) is 1. The molecule has 1 saturated carbocycles. The molecule has 0 atom stereocenters. The van der Waals surface area contributed by atoms with E-state index in [1.54, 1.807) is 17.7 Å². The third kappa shape index (κ3) is 4.51. The van der Waals surface area contributed by atoms with Crippen LogP contribution in [0.3, 0.4) is 0 Å². The monoisotopic (exact) mass is 379 g/mol. The van der Waals surface area contributed by atoms with Crippen molar-refractivity contribution >= 4 is 11.6 Å². The molecular formula is C20H24F3N3O. The highest BCUT2D eigenvalue weighted by Gasteiger charge is 2.30. The minimum absolute atomic E-state index is 0.0134. The lowest BCUT2D eigenvalue weighted by molar-refractivity contribution is -0.137. The zero-order valence-corrected chi connectivity index (χ0v) is 15.6. The molecule has 1 aromatic heterocycles. The topological polar surface area (TPSA) is 46.9 Å². The van der Waals surface area contributed by atoms with Crippen LogP contribution in [0.5, 0.6) is 0 Å². The summed E-state index contributed by atoms with van der Waals surface area (Å²) < 4.78 is 40.4. The summed E-state index contributed by atoms with van der Waals surface area (Å²) in [4.78, 5) is 12.5. The van der Waals surface area contributed by atoms with Gasteiger partial charge in [0.1, 0.15) is 0 Å². The van der Waals surface area contributed by atoms with Gasteiger partial charge in [0.05, 0.1) is 29.2 Å². The van der Waals surface area contributed by atoms with Crippen LogP contribution in [0.25, 0.3) is 0 Å². The second-order valence-electron chi connectivity index (χ2n) is 7.23. The van der Waals surface area contributed by atoms with Crippen molar-refractivity contribution in [1.82, 2.24) is 9.78 Å². The minimum atomic E-state index is -4.37. The normalized spacial score (nSPS) is 15.7. The van der Waals surface area contributed by atoms with Gasteiger partial charge in [-0.05, 0) is 44.4 Å². The highest BCUT2D eigenvalue weighted by Crippen LogP contribution is 2.30. The molecule has 0 aliphatic heterocycles. The Labute approximate surface area is 156 Å². The highest BCUT2D eigenvalue weighted by atomic mass is 19.4. The zero-order chi connectivity index (χ0) is 19.6. The maximum atomic E-state index is 12.9. The van der Waals surface area contributed by atoms with Crippen molar-refractivity contribution in [2.24, 2.45) is 5.92 Å². The van der Waals surface area contributed by atoms with E-state index in [9.17, 15) is 18.0 Å². The highest BCUT2D eigenvalue weighted by molar-refractivity contribution is 5.93. The fourth-order valence-corrected chi connectivity index (χ4v) is 3.64. The Morgan fingerprint density at radius 3 is 2.59 bits per heavy atom.